The molecule has 0 saturated heterocycles. The number of nitriles is 1. The second kappa shape index (κ2) is 9.93. The summed E-state index contributed by atoms with van der Waals surface area (Å²) < 4.78 is 11.1. The van der Waals surface area contributed by atoms with E-state index in [1.54, 1.807) is 24.9 Å². The summed E-state index contributed by atoms with van der Waals surface area (Å²) in [6, 6.07) is 9.22. The van der Waals surface area contributed by atoms with Gasteiger partial charge in [-0.05, 0) is 42.9 Å². The van der Waals surface area contributed by atoms with E-state index >= 15 is 0 Å². The minimum atomic E-state index is -0.380. The Morgan fingerprint density at radius 2 is 2.00 bits per heavy atom. The van der Waals surface area contributed by atoms with Crippen molar-refractivity contribution in [3.8, 4) is 28.8 Å². The van der Waals surface area contributed by atoms with Crippen LogP contribution in [0.1, 0.15) is 38.7 Å². The van der Waals surface area contributed by atoms with Gasteiger partial charge in [-0.2, -0.15) is 5.26 Å². The molecule has 0 saturated carbocycles. The van der Waals surface area contributed by atoms with E-state index in [-0.39, 0.29) is 11.1 Å². The van der Waals surface area contributed by atoms with Gasteiger partial charge in [0.25, 0.3) is 5.56 Å². The number of methoxy groups -OCH3 is 1. The number of rotatable bonds is 9. The number of pyridine rings is 1. The fourth-order valence-corrected chi connectivity index (χ4v) is 3.57. The third-order valence-corrected chi connectivity index (χ3v) is 4.92. The van der Waals surface area contributed by atoms with Crippen LogP contribution >= 0.6 is 11.8 Å². The first-order valence-corrected chi connectivity index (χ1v) is 9.74. The van der Waals surface area contributed by atoms with Crippen LogP contribution in [0.5, 0.6) is 11.5 Å². The lowest BCUT2D eigenvalue weighted by Crippen LogP contribution is -2.12. The van der Waals surface area contributed by atoms with Crippen molar-refractivity contribution in [3.05, 3.63) is 40.2 Å². The Kier molecular flexibility index (Phi) is 7.61. The molecular formula is C20H24N2O3S. The number of nitrogens with zero attached hydrogens (tertiary/aromatic N) is 1. The average Bonchev–Trinajstić information content (AvgIpc) is 2.67. The Morgan fingerprint density at radius 3 is 2.65 bits per heavy atom. The Labute approximate surface area is 158 Å². The summed E-state index contributed by atoms with van der Waals surface area (Å²) in [6.07, 6.45) is 3.05. The third-order valence-electron chi connectivity index (χ3n) is 3.79. The van der Waals surface area contributed by atoms with Gasteiger partial charge in [-0.1, -0.05) is 20.3 Å². The molecule has 0 amide bonds. The molecule has 1 aromatic carbocycles. The van der Waals surface area contributed by atoms with E-state index in [4.69, 9.17) is 14.7 Å². The molecule has 5 nitrogen and oxygen atoms in total. The molecule has 0 unspecified atom stereocenters. The summed E-state index contributed by atoms with van der Waals surface area (Å²) in [5, 5.41) is 9.17. The molecule has 0 spiro atoms. The SMILES string of the molecule is CCCCSc1cc(C#N)c(=O)[nH]c1-c1ccc(OC)c(OCCC)c1. The summed E-state index contributed by atoms with van der Waals surface area (Å²) in [7, 11) is 1.60. The number of unbranched alkanes of at least 4 members (excludes halogenated alkanes) is 1. The highest BCUT2D eigenvalue weighted by molar-refractivity contribution is 7.99. The van der Waals surface area contributed by atoms with Crippen molar-refractivity contribution >= 4 is 11.8 Å². The van der Waals surface area contributed by atoms with Gasteiger partial charge >= 0.3 is 0 Å². The molecule has 1 heterocycles. The first kappa shape index (κ1) is 19.9. The molecule has 1 N–H and O–H groups in total. The van der Waals surface area contributed by atoms with Gasteiger partial charge in [0.2, 0.25) is 0 Å². The lowest BCUT2D eigenvalue weighted by Gasteiger charge is -2.14. The number of hydrogen-bond acceptors (Lipinski definition) is 5. The minimum absolute atomic E-state index is 0.128. The van der Waals surface area contributed by atoms with Crippen molar-refractivity contribution in [1.82, 2.24) is 4.98 Å². The monoisotopic (exact) mass is 372 g/mol. The van der Waals surface area contributed by atoms with Crippen molar-refractivity contribution in [1.29, 1.82) is 5.26 Å². The topological polar surface area (TPSA) is 75.1 Å². The van der Waals surface area contributed by atoms with Gasteiger partial charge in [0.1, 0.15) is 11.6 Å². The molecule has 0 radical (unpaired) electrons. The lowest BCUT2D eigenvalue weighted by molar-refractivity contribution is 0.294. The Morgan fingerprint density at radius 1 is 1.19 bits per heavy atom. The van der Waals surface area contributed by atoms with Gasteiger partial charge in [0, 0.05) is 10.5 Å². The molecule has 0 aliphatic heterocycles. The van der Waals surface area contributed by atoms with Gasteiger partial charge in [-0.3, -0.25) is 4.79 Å². The average molecular weight is 372 g/mol. The standard InChI is InChI=1S/C20H24N2O3S/c1-4-6-10-26-18-12-15(13-21)20(23)22-19(18)14-7-8-16(24-3)17(11-14)25-9-5-2/h7-8,11-12H,4-6,9-10H2,1-3H3,(H,22,23). The number of ether oxygens (including phenoxy) is 2. The maximum absolute atomic E-state index is 12.2. The Balaban J connectivity index is 2.50. The number of hydrogen-bond donors (Lipinski definition) is 1. The van der Waals surface area contributed by atoms with E-state index in [2.05, 4.69) is 11.9 Å². The van der Waals surface area contributed by atoms with Gasteiger partial charge in [-0.15, -0.1) is 11.8 Å². The van der Waals surface area contributed by atoms with Crippen LogP contribution in [-0.2, 0) is 0 Å². The normalized spacial score (nSPS) is 10.4. The molecule has 6 heteroatoms. The number of thioether (sulfide) groups is 1. The van der Waals surface area contributed by atoms with Crippen LogP contribution in [0.25, 0.3) is 11.3 Å². The second-order valence-electron chi connectivity index (χ2n) is 5.78. The van der Waals surface area contributed by atoms with Gasteiger partial charge in [0.15, 0.2) is 11.5 Å². The minimum Gasteiger partial charge on any atom is -0.493 e. The number of nitrogens with one attached hydrogen (secondary N) is 1. The number of aromatic amines is 1. The highest BCUT2D eigenvalue weighted by Crippen LogP contribution is 2.36. The van der Waals surface area contributed by atoms with E-state index < -0.39 is 0 Å². The lowest BCUT2D eigenvalue weighted by atomic mass is 10.1. The quantitative estimate of drug-likeness (QED) is 0.514. The fraction of sp³-hybridized carbons (Fsp3) is 0.400. The van der Waals surface area contributed by atoms with Crippen molar-refractivity contribution in [2.75, 3.05) is 19.5 Å². The van der Waals surface area contributed by atoms with E-state index in [1.807, 2.05) is 31.2 Å². The molecule has 0 bridgehead atoms. The van der Waals surface area contributed by atoms with Crippen molar-refractivity contribution in [2.45, 2.75) is 38.0 Å². The molecule has 0 aliphatic carbocycles. The smallest absolute Gasteiger partial charge is 0.266 e. The van der Waals surface area contributed by atoms with Crippen LogP contribution in [0.3, 0.4) is 0 Å². The van der Waals surface area contributed by atoms with Crippen LogP contribution in [0.15, 0.2) is 34.0 Å². The molecule has 26 heavy (non-hydrogen) atoms. The van der Waals surface area contributed by atoms with Crippen molar-refractivity contribution < 1.29 is 9.47 Å². The summed E-state index contributed by atoms with van der Waals surface area (Å²) in [4.78, 5) is 15.9. The van der Waals surface area contributed by atoms with Crippen LogP contribution in [0.4, 0.5) is 0 Å². The first-order valence-electron chi connectivity index (χ1n) is 8.76. The molecule has 2 rings (SSSR count). The fourth-order valence-electron chi connectivity index (χ4n) is 2.41. The summed E-state index contributed by atoms with van der Waals surface area (Å²) in [6.45, 7) is 4.76. The zero-order chi connectivity index (χ0) is 18.9. The Hall–Kier alpha value is -2.39. The van der Waals surface area contributed by atoms with E-state index in [9.17, 15) is 4.79 Å². The largest absolute Gasteiger partial charge is 0.493 e. The molecule has 0 aliphatic rings. The van der Waals surface area contributed by atoms with Gasteiger partial charge < -0.3 is 14.5 Å². The zero-order valence-electron chi connectivity index (χ0n) is 15.4. The summed E-state index contributed by atoms with van der Waals surface area (Å²) >= 11 is 1.65. The number of benzene rings is 1. The molecule has 0 atom stereocenters. The van der Waals surface area contributed by atoms with Gasteiger partial charge in [-0.25, -0.2) is 0 Å². The van der Waals surface area contributed by atoms with Crippen LogP contribution in [0, 0.1) is 11.3 Å². The Bertz CT molecular complexity index is 840. The first-order chi connectivity index (χ1) is 12.6. The molecule has 0 fully saturated rings. The number of aromatic nitrogens is 1. The third kappa shape index (κ3) is 4.83. The maximum Gasteiger partial charge on any atom is 0.266 e. The van der Waals surface area contributed by atoms with Crippen molar-refractivity contribution in [3.63, 3.8) is 0 Å². The van der Waals surface area contributed by atoms with Crippen LogP contribution in [-0.4, -0.2) is 24.5 Å². The molecule has 2 aromatic rings. The highest BCUT2D eigenvalue weighted by atomic mass is 32.2. The molecular weight excluding hydrogens is 348 g/mol. The molecule has 138 valence electrons. The number of H-pyrrole nitrogens is 1. The predicted molar refractivity (Wildman–Crippen MR) is 105 cm³/mol. The zero-order valence-corrected chi connectivity index (χ0v) is 16.2. The molecule has 1 aromatic heterocycles. The second-order valence-corrected chi connectivity index (χ2v) is 6.92. The van der Waals surface area contributed by atoms with E-state index in [1.165, 1.54) is 0 Å². The summed E-state index contributed by atoms with van der Waals surface area (Å²) in [5.74, 6) is 2.22. The van der Waals surface area contributed by atoms with Gasteiger partial charge in [0.05, 0.1) is 19.4 Å². The predicted octanol–water partition coefficient (Wildman–Crippen LogP) is 4.60. The van der Waals surface area contributed by atoms with E-state index in [0.717, 1.165) is 35.5 Å². The highest BCUT2D eigenvalue weighted by Gasteiger charge is 2.14. The summed E-state index contributed by atoms with van der Waals surface area (Å²) in [5.41, 5.74) is 1.29. The maximum atomic E-state index is 12.2. The van der Waals surface area contributed by atoms with E-state index in [0.29, 0.717) is 23.8 Å². The van der Waals surface area contributed by atoms with Crippen LogP contribution in [0.2, 0.25) is 0 Å². The van der Waals surface area contributed by atoms with Crippen LogP contribution < -0.4 is 15.0 Å². The van der Waals surface area contributed by atoms with Crippen molar-refractivity contribution in [2.24, 2.45) is 0 Å².